The zero-order valence-corrected chi connectivity index (χ0v) is 18.0. The van der Waals surface area contributed by atoms with Crippen LogP contribution in [0.3, 0.4) is 0 Å². The minimum atomic E-state index is -3.92. The fourth-order valence-corrected chi connectivity index (χ4v) is 4.79. The summed E-state index contributed by atoms with van der Waals surface area (Å²) in [6, 6.07) is 13.4. The Morgan fingerprint density at radius 1 is 1.14 bits per heavy atom. The number of nitrogens with one attached hydrogen (secondary N) is 1. The van der Waals surface area contributed by atoms with Crippen LogP contribution in [0, 0.1) is 6.92 Å². The number of carbonyl (C=O) groups excluding carboxylic acids is 1. The number of nitrogens with zero attached hydrogens (tertiary/aromatic N) is 2. The molecule has 0 aliphatic heterocycles. The van der Waals surface area contributed by atoms with E-state index in [1.807, 2.05) is 6.92 Å². The molecule has 1 amide bonds. The summed E-state index contributed by atoms with van der Waals surface area (Å²) >= 11 is 3.36. The van der Waals surface area contributed by atoms with Crippen LogP contribution in [-0.2, 0) is 14.8 Å². The van der Waals surface area contributed by atoms with Gasteiger partial charge < -0.3 is 0 Å². The van der Waals surface area contributed by atoms with Gasteiger partial charge in [-0.2, -0.15) is 5.10 Å². The molecule has 28 heavy (non-hydrogen) atoms. The largest absolute Gasteiger partial charge is 0.271 e. The Hall–Kier alpha value is -2.19. The first-order valence-electron chi connectivity index (χ1n) is 9.05. The predicted octanol–water partition coefficient (Wildman–Crippen LogP) is 4.00. The van der Waals surface area contributed by atoms with Crippen LogP contribution in [0.2, 0.25) is 0 Å². The maximum atomic E-state index is 13.2. The molecule has 3 rings (SSSR count). The van der Waals surface area contributed by atoms with Gasteiger partial charge in [0.15, 0.2) is 0 Å². The van der Waals surface area contributed by atoms with Crippen molar-refractivity contribution in [2.24, 2.45) is 5.10 Å². The van der Waals surface area contributed by atoms with E-state index in [4.69, 9.17) is 0 Å². The van der Waals surface area contributed by atoms with Gasteiger partial charge in [-0.05, 0) is 62.9 Å². The van der Waals surface area contributed by atoms with Gasteiger partial charge in [-0.25, -0.2) is 13.8 Å². The molecule has 1 N–H and O–H groups in total. The number of hydrazone groups is 1. The SMILES string of the molecule is Cc1ccc(S(=O)(=O)N(CC(=O)NN=C2CCCC2)c2cccc(Br)c2)cc1. The van der Waals surface area contributed by atoms with Gasteiger partial charge in [-0.3, -0.25) is 9.10 Å². The Bertz CT molecular complexity index is 980. The Morgan fingerprint density at radius 2 is 1.82 bits per heavy atom. The van der Waals surface area contributed by atoms with Gasteiger partial charge in [0.05, 0.1) is 10.6 Å². The number of sulfonamides is 1. The Kier molecular flexibility index (Phi) is 6.51. The highest BCUT2D eigenvalue weighted by atomic mass is 79.9. The van der Waals surface area contributed by atoms with Crippen molar-refractivity contribution in [3.8, 4) is 0 Å². The summed E-state index contributed by atoms with van der Waals surface area (Å²) in [5, 5.41) is 4.14. The van der Waals surface area contributed by atoms with Crippen LogP contribution in [0.4, 0.5) is 5.69 Å². The Morgan fingerprint density at radius 3 is 2.46 bits per heavy atom. The molecule has 2 aromatic carbocycles. The molecular formula is C20H22BrN3O3S. The van der Waals surface area contributed by atoms with Crippen molar-refractivity contribution in [3.63, 3.8) is 0 Å². The summed E-state index contributed by atoms with van der Waals surface area (Å²) in [7, 11) is -3.92. The summed E-state index contributed by atoms with van der Waals surface area (Å²) in [5.41, 5.74) is 4.81. The Labute approximate surface area is 173 Å². The lowest BCUT2D eigenvalue weighted by Gasteiger charge is -2.24. The third-order valence-corrected chi connectivity index (χ3v) is 6.79. The van der Waals surface area contributed by atoms with Crippen LogP contribution in [0.1, 0.15) is 31.2 Å². The second kappa shape index (κ2) is 8.87. The number of anilines is 1. The molecule has 8 heteroatoms. The maximum absolute atomic E-state index is 13.2. The van der Waals surface area contributed by atoms with E-state index in [1.165, 1.54) is 0 Å². The average molecular weight is 464 g/mol. The van der Waals surface area contributed by atoms with E-state index in [0.717, 1.165) is 45.7 Å². The number of hydrogen-bond acceptors (Lipinski definition) is 4. The molecule has 6 nitrogen and oxygen atoms in total. The molecule has 0 radical (unpaired) electrons. The van der Waals surface area contributed by atoms with Crippen LogP contribution in [0.25, 0.3) is 0 Å². The van der Waals surface area contributed by atoms with Gasteiger partial charge in [0, 0.05) is 10.2 Å². The molecule has 0 bridgehead atoms. The zero-order chi connectivity index (χ0) is 20.1. The number of hydrogen-bond donors (Lipinski definition) is 1. The summed E-state index contributed by atoms with van der Waals surface area (Å²) in [4.78, 5) is 12.6. The third-order valence-electron chi connectivity index (χ3n) is 4.51. The van der Waals surface area contributed by atoms with Crippen LogP contribution >= 0.6 is 15.9 Å². The molecule has 148 valence electrons. The molecule has 0 heterocycles. The number of rotatable bonds is 6. The first-order chi connectivity index (χ1) is 13.4. The molecule has 1 fully saturated rings. The highest BCUT2D eigenvalue weighted by molar-refractivity contribution is 9.10. The fraction of sp³-hybridized carbons (Fsp3) is 0.300. The van der Waals surface area contributed by atoms with Gasteiger partial charge in [0.25, 0.3) is 15.9 Å². The maximum Gasteiger partial charge on any atom is 0.264 e. The normalized spacial score (nSPS) is 14.0. The average Bonchev–Trinajstić information content (AvgIpc) is 3.18. The van der Waals surface area contributed by atoms with E-state index in [9.17, 15) is 13.2 Å². The Balaban J connectivity index is 1.89. The standard InChI is InChI=1S/C20H22BrN3O3S/c1-15-9-11-19(12-10-15)28(26,27)24(18-8-4-5-16(21)13-18)14-20(25)23-22-17-6-2-3-7-17/h4-5,8-13H,2-3,6-7,14H2,1H3,(H,23,25). The van der Waals surface area contributed by atoms with Crippen molar-refractivity contribution >= 4 is 43.3 Å². The molecule has 1 aliphatic carbocycles. The van der Waals surface area contributed by atoms with E-state index in [0.29, 0.717) is 5.69 Å². The van der Waals surface area contributed by atoms with Gasteiger partial charge in [-0.1, -0.05) is 39.7 Å². The molecule has 0 aromatic heterocycles. The van der Waals surface area contributed by atoms with Crippen LogP contribution < -0.4 is 9.73 Å². The highest BCUT2D eigenvalue weighted by Gasteiger charge is 2.27. The lowest BCUT2D eigenvalue weighted by Crippen LogP contribution is -2.39. The minimum Gasteiger partial charge on any atom is -0.271 e. The molecule has 2 aromatic rings. The molecule has 0 unspecified atom stereocenters. The van der Waals surface area contributed by atoms with Gasteiger partial charge >= 0.3 is 0 Å². The van der Waals surface area contributed by atoms with Crippen LogP contribution in [0.15, 0.2) is 63.0 Å². The molecule has 0 atom stereocenters. The van der Waals surface area contributed by atoms with Crippen molar-refractivity contribution in [2.45, 2.75) is 37.5 Å². The monoisotopic (exact) mass is 463 g/mol. The zero-order valence-electron chi connectivity index (χ0n) is 15.6. The van der Waals surface area contributed by atoms with E-state index in [1.54, 1.807) is 48.5 Å². The lowest BCUT2D eigenvalue weighted by molar-refractivity contribution is -0.119. The highest BCUT2D eigenvalue weighted by Crippen LogP contribution is 2.26. The number of amides is 1. The van der Waals surface area contributed by atoms with Crippen LogP contribution in [-0.4, -0.2) is 26.6 Å². The number of aryl methyl sites for hydroxylation is 1. The molecule has 0 saturated heterocycles. The van der Waals surface area contributed by atoms with Gasteiger partial charge in [-0.15, -0.1) is 0 Å². The van der Waals surface area contributed by atoms with Crippen molar-refractivity contribution in [3.05, 3.63) is 58.6 Å². The predicted molar refractivity (Wildman–Crippen MR) is 114 cm³/mol. The second-order valence-corrected chi connectivity index (χ2v) is 9.50. The number of carbonyl (C=O) groups is 1. The van der Waals surface area contributed by atoms with Crippen molar-refractivity contribution in [2.75, 3.05) is 10.8 Å². The third kappa shape index (κ3) is 4.99. The minimum absolute atomic E-state index is 0.132. The van der Waals surface area contributed by atoms with Crippen molar-refractivity contribution < 1.29 is 13.2 Å². The first-order valence-corrected chi connectivity index (χ1v) is 11.3. The smallest absolute Gasteiger partial charge is 0.264 e. The van der Waals surface area contributed by atoms with Crippen molar-refractivity contribution in [1.29, 1.82) is 0 Å². The quantitative estimate of drug-likeness (QED) is 0.657. The first kappa shape index (κ1) is 20.5. The second-order valence-electron chi connectivity index (χ2n) is 6.72. The summed E-state index contributed by atoms with van der Waals surface area (Å²) < 4.78 is 28.3. The number of halogens is 1. The van der Waals surface area contributed by atoms with E-state index in [2.05, 4.69) is 26.5 Å². The van der Waals surface area contributed by atoms with E-state index in [-0.39, 0.29) is 11.4 Å². The van der Waals surface area contributed by atoms with E-state index >= 15 is 0 Å². The lowest BCUT2D eigenvalue weighted by atomic mass is 10.2. The fourth-order valence-electron chi connectivity index (χ4n) is 2.99. The molecule has 1 aliphatic rings. The van der Waals surface area contributed by atoms with Crippen LogP contribution in [0.5, 0.6) is 0 Å². The summed E-state index contributed by atoms with van der Waals surface area (Å²) in [6.07, 6.45) is 3.88. The summed E-state index contributed by atoms with van der Waals surface area (Å²) in [5.74, 6) is -0.477. The molecular weight excluding hydrogens is 442 g/mol. The molecule has 0 spiro atoms. The molecule has 1 saturated carbocycles. The van der Waals surface area contributed by atoms with Gasteiger partial charge in [0.2, 0.25) is 0 Å². The van der Waals surface area contributed by atoms with Crippen molar-refractivity contribution in [1.82, 2.24) is 5.43 Å². The van der Waals surface area contributed by atoms with Gasteiger partial charge in [0.1, 0.15) is 6.54 Å². The number of benzene rings is 2. The van der Waals surface area contributed by atoms with E-state index < -0.39 is 15.9 Å². The summed E-state index contributed by atoms with van der Waals surface area (Å²) in [6.45, 7) is 1.53. The topological polar surface area (TPSA) is 78.8 Å².